The van der Waals surface area contributed by atoms with Gasteiger partial charge in [0.05, 0.1) is 0 Å². The number of hydrogen-bond acceptors (Lipinski definition) is 1. The molecule has 1 N–H and O–H groups in total. The van der Waals surface area contributed by atoms with Crippen LogP contribution in [-0.2, 0) is 4.79 Å². The van der Waals surface area contributed by atoms with E-state index in [0.29, 0.717) is 5.57 Å². The summed E-state index contributed by atoms with van der Waals surface area (Å²) in [6.07, 6.45) is 1.71. The highest BCUT2D eigenvalue weighted by atomic mass is 79.9. The summed E-state index contributed by atoms with van der Waals surface area (Å²) in [5.41, 5.74) is 4.45. The molecule has 20 heavy (non-hydrogen) atoms. The lowest BCUT2D eigenvalue weighted by molar-refractivity contribution is -0.132. The molecule has 0 aliphatic heterocycles. The van der Waals surface area contributed by atoms with Gasteiger partial charge >= 0.3 is 5.97 Å². The predicted octanol–water partition coefficient (Wildman–Crippen LogP) is 4.34. The van der Waals surface area contributed by atoms with Crippen molar-refractivity contribution in [1.82, 2.24) is 4.57 Å². The highest BCUT2D eigenvalue weighted by molar-refractivity contribution is 9.10. The Labute approximate surface area is 126 Å². The molecule has 2 rings (SSSR count). The van der Waals surface area contributed by atoms with Crippen LogP contribution in [0.25, 0.3) is 11.8 Å². The van der Waals surface area contributed by atoms with E-state index < -0.39 is 5.97 Å². The molecule has 0 aliphatic carbocycles. The number of aromatic nitrogens is 1. The molecule has 0 bridgehead atoms. The summed E-state index contributed by atoms with van der Waals surface area (Å²) in [6.45, 7) is 5.62. The average molecular weight is 334 g/mol. The Kier molecular flexibility index (Phi) is 4.14. The Hall–Kier alpha value is -1.81. The minimum Gasteiger partial charge on any atom is -0.478 e. The average Bonchev–Trinajstić information content (AvgIpc) is 2.66. The SMILES string of the molecule is C/C(=C\c1cc(C)n(-c2ccc(Br)cc2)c1C)C(=O)O. The van der Waals surface area contributed by atoms with E-state index in [4.69, 9.17) is 5.11 Å². The summed E-state index contributed by atoms with van der Waals surface area (Å²) in [5, 5.41) is 8.98. The summed E-state index contributed by atoms with van der Waals surface area (Å²) in [6, 6.07) is 10.0. The van der Waals surface area contributed by atoms with Gasteiger partial charge in [-0.25, -0.2) is 4.79 Å². The first-order valence-electron chi connectivity index (χ1n) is 6.26. The van der Waals surface area contributed by atoms with Crippen molar-refractivity contribution >= 4 is 28.0 Å². The molecule has 1 aromatic carbocycles. The van der Waals surface area contributed by atoms with Crippen LogP contribution in [0.4, 0.5) is 0 Å². The Bertz CT molecular complexity index is 681. The van der Waals surface area contributed by atoms with Gasteiger partial charge in [0, 0.05) is 27.1 Å². The molecule has 4 heteroatoms. The maximum absolute atomic E-state index is 10.9. The molecule has 0 saturated carbocycles. The summed E-state index contributed by atoms with van der Waals surface area (Å²) < 4.78 is 3.15. The van der Waals surface area contributed by atoms with Crippen molar-refractivity contribution in [1.29, 1.82) is 0 Å². The van der Waals surface area contributed by atoms with Crippen molar-refractivity contribution in [2.45, 2.75) is 20.8 Å². The zero-order valence-electron chi connectivity index (χ0n) is 11.6. The van der Waals surface area contributed by atoms with Gasteiger partial charge in [-0.15, -0.1) is 0 Å². The molecular weight excluding hydrogens is 318 g/mol. The number of rotatable bonds is 3. The van der Waals surface area contributed by atoms with E-state index in [1.807, 2.05) is 44.2 Å². The summed E-state index contributed by atoms with van der Waals surface area (Å²) in [4.78, 5) is 10.9. The van der Waals surface area contributed by atoms with Gasteiger partial charge in [-0.3, -0.25) is 0 Å². The van der Waals surface area contributed by atoms with E-state index in [0.717, 1.165) is 27.1 Å². The zero-order chi connectivity index (χ0) is 14.9. The normalized spacial score (nSPS) is 11.7. The molecule has 0 saturated heterocycles. The van der Waals surface area contributed by atoms with Crippen LogP contribution in [0.15, 0.2) is 40.4 Å². The zero-order valence-corrected chi connectivity index (χ0v) is 13.2. The summed E-state index contributed by atoms with van der Waals surface area (Å²) >= 11 is 3.42. The van der Waals surface area contributed by atoms with E-state index in [9.17, 15) is 4.79 Å². The van der Waals surface area contributed by atoms with Crippen LogP contribution in [0.3, 0.4) is 0 Å². The van der Waals surface area contributed by atoms with Crippen LogP contribution in [-0.4, -0.2) is 15.6 Å². The molecule has 2 aromatic rings. The minimum absolute atomic E-state index is 0.334. The first-order valence-corrected chi connectivity index (χ1v) is 7.06. The van der Waals surface area contributed by atoms with Crippen LogP contribution in [0.2, 0.25) is 0 Å². The predicted molar refractivity (Wildman–Crippen MR) is 84.2 cm³/mol. The Morgan fingerprint density at radius 2 is 1.85 bits per heavy atom. The van der Waals surface area contributed by atoms with Crippen molar-refractivity contribution in [3.8, 4) is 5.69 Å². The van der Waals surface area contributed by atoms with Crippen molar-refractivity contribution in [2.75, 3.05) is 0 Å². The van der Waals surface area contributed by atoms with Crippen molar-refractivity contribution in [2.24, 2.45) is 0 Å². The van der Waals surface area contributed by atoms with Gasteiger partial charge in [-0.05, 0) is 62.7 Å². The smallest absolute Gasteiger partial charge is 0.331 e. The van der Waals surface area contributed by atoms with Gasteiger partial charge in [-0.2, -0.15) is 0 Å². The van der Waals surface area contributed by atoms with Crippen molar-refractivity contribution in [3.63, 3.8) is 0 Å². The molecule has 0 radical (unpaired) electrons. The number of carbonyl (C=O) groups is 1. The topological polar surface area (TPSA) is 42.2 Å². The number of aryl methyl sites for hydroxylation is 1. The fourth-order valence-electron chi connectivity index (χ4n) is 2.22. The van der Waals surface area contributed by atoms with E-state index in [-0.39, 0.29) is 0 Å². The van der Waals surface area contributed by atoms with Crippen LogP contribution >= 0.6 is 15.9 Å². The van der Waals surface area contributed by atoms with Crippen LogP contribution < -0.4 is 0 Å². The molecular formula is C16H16BrNO2. The van der Waals surface area contributed by atoms with E-state index >= 15 is 0 Å². The molecule has 0 aliphatic rings. The second-order valence-corrected chi connectivity index (χ2v) is 5.69. The lowest BCUT2D eigenvalue weighted by Crippen LogP contribution is -1.99. The molecule has 0 fully saturated rings. The second-order valence-electron chi connectivity index (χ2n) is 4.77. The van der Waals surface area contributed by atoms with Gasteiger partial charge in [0.25, 0.3) is 0 Å². The first-order chi connectivity index (χ1) is 9.40. The molecule has 1 heterocycles. The fourth-order valence-corrected chi connectivity index (χ4v) is 2.48. The highest BCUT2D eigenvalue weighted by Crippen LogP contribution is 2.23. The largest absolute Gasteiger partial charge is 0.478 e. The number of nitrogens with zero attached hydrogens (tertiary/aromatic N) is 1. The summed E-state index contributed by atoms with van der Waals surface area (Å²) in [7, 11) is 0. The first kappa shape index (κ1) is 14.6. The van der Waals surface area contributed by atoms with Gasteiger partial charge in [-0.1, -0.05) is 15.9 Å². The summed E-state index contributed by atoms with van der Waals surface area (Å²) in [5.74, 6) is -0.890. The molecule has 3 nitrogen and oxygen atoms in total. The van der Waals surface area contributed by atoms with Gasteiger partial charge in [0.15, 0.2) is 0 Å². The lowest BCUT2D eigenvalue weighted by atomic mass is 10.1. The minimum atomic E-state index is -0.890. The van der Waals surface area contributed by atoms with Gasteiger partial charge < -0.3 is 9.67 Å². The monoisotopic (exact) mass is 333 g/mol. The Morgan fingerprint density at radius 1 is 1.25 bits per heavy atom. The highest BCUT2D eigenvalue weighted by Gasteiger charge is 2.10. The Balaban J connectivity index is 2.52. The number of halogens is 1. The molecule has 0 amide bonds. The third kappa shape index (κ3) is 2.85. The third-order valence-electron chi connectivity index (χ3n) is 3.26. The van der Waals surface area contributed by atoms with Crippen LogP contribution in [0, 0.1) is 13.8 Å². The standard InChI is InChI=1S/C16H16BrNO2/c1-10(16(19)20)8-13-9-11(2)18(12(13)3)15-6-4-14(17)5-7-15/h4-9H,1-3H3,(H,19,20)/b10-8+. The van der Waals surface area contributed by atoms with Crippen LogP contribution in [0.5, 0.6) is 0 Å². The van der Waals surface area contributed by atoms with Gasteiger partial charge in [0.1, 0.15) is 0 Å². The molecule has 0 spiro atoms. The number of hydrogen-bond donors (Lipinski definition) is 1. The molecule has 0 atom stereocenters. The Morgan fingerprint density at radius 3 is 2.40 bits per heavy atom. The maximum Gasteiger partial charge on any atom is 0.331 e. The second kappa shape index (κ2) is 5.67. The maximum atomic E-state index is 10.9. The lowest BCUT2D eigenvalue weighted by Gasteiger charge is -2.09. The molecule has 1 aromatic heterocycles. The van der Waals surface area contributed by atoms with Crippen LogP contribution in [0.1, 0.15) is 23.9 Å². The van der Waals surface area contributed by atoms with E-state index in [1.54, 1.807) is 13.0 Å². The van der Waals surface area contributed by atoms with E-state index in [2.05, 4.69) is 20.5 Å². The quantitative estimate of drug-likeness (QED) is 0.848. The number of aliphatic carboxylic acids is 1. The number of carboxylic acid groups (broad SMARTS) is 1. The number of carboxylic acids is 1. The van der Waals surface area contributed by atoms with Crippen molar-refractivity contribution in [3.05, 3.63) is 57.3 Å². The molecule has 0 unspecified atom stereocenters. The van der Waals surface area contributed by atoms with E-state index in [1.165, 1.54) is 0 Å². The third-order valence-corrected chi connectivity index (χ3v) is 3.79. The fraction of sp³-hybridized carbons (Fsp3) is 0.188. The van der Waals surface area contributed by atoms with Gasteiger partial charge in [0.2, 0.25) is 0 Å². The van der Waals surface area contributed by atoms with Crippen molar-refractivity contribution < 1.29 is 9.90 Å². The number of benzene rings is 1. The molecule has 104 valence electrons.